The van der Waals surface area contributed by atoms with Gasteiger partial charge in [0.05, 0.1) is 11.7 Å². The Morgan fingerprint density at radius 1 is 1.10 bits per heavy atom. The zero-order valence-corrected chi connectivity index (χ0v) is 17.0. The molecule has 2 aromatic heterocycles. The lowest BCUT2D eigenvalue weighted by molar-refractivity contribution is 0.0376. The van der Waals surface area contributed by atoms with Gasteiger partial charge < -0.3 is 19.0 Å². The fraction of sp³-hybridized carbons (Fsp3) is 0.333. The van der Waals surface area contributed by atoms with Crippen molar-refractivity contribution < 1.29 is 23.6 Å². The van der Waals surface area contributed by atoms with E-state index in [1.807, 2.05) is 31.2 Å². The number of esters is 2. The van der Waals surface area contributed by atoms with Gasteiger partial charge in [0.15, 0.2) is 6.61 Å². The van der Waals surface area contributed by atoms with Crippen molar-refractivity contribution in [3.8, 4) is 11.5 Å². The van der Waals surface area contributed by atoms with Crippen molar-refractivity contribution in [1.82, 2.24) is 15.1 Å². The fourth-order valence-electron chi connectivity index (χ4n) is 2.86. The molecule has 152 valence electrons. The quantitative estimate of drug-likeness (QED) is 0.628. The van der Waals surface area contributed by atoms with Gasteiger partial charge in [0.25, 0.3) is 5.89 Å². The molecule has 3 rings (SSSR count). The van der Waals surface area contributed by atoms with Crippen LogP contribution in [0.15, 0.2) is 28.8 Å². The summed E-state index contributed by atoms with van der Waals surface area (Å²) in [6, 6.07) is 7.64. The number of H-pyrrole nitrogens is 1. The third kappa shape index (κ3) is 4.53. The van der Waals surface area contributed by atoms with Crippen LogP contribution in [0.1, 0.15) is 57.3 Å². The smallest absolute Gasteiger partial charge is 0.355 e. The van der Waals surface area contributed by atoms with Gasteiger partial charge in [0.2, 0.25) is 5.82 Å². The largest absolute Gasteiger partial charge is 0.459 e. The van der Waals surface area contributed by atoms with Crippen molar-refractivity contribution >= 4 is 11.9 Å². The first kappa shape index (κ1) is 20.3. The molecule has 3 aromatic rings. The van der Waals surface area contributed by atoms with E-state index in [1.54, 1.807) is 27.7 Å². The molecule has 29 heavy (non-hydrogen) atoms. The van der Waals surface area contributed by atoms with Gasteiger partial charge >= 0.3 is 11.9 Å². The lowest BCUT2D eigenvalue weighted by Crippen LogP contribution is -2.13. The molecule has 8 nitrogen and oxygen atoms in total. The second kappa shape index (κ2) is 8.30. The minimum atomic E-state index is -0.615. The molecule has 0 aliphatic carbocycles. The maximum absolute atomic E-state index is 12.5. The van der Waals surface area contributed by atoms with Crippen LogP contribution in [0.2, 0.25) is 0 Å². The number of aromatic amines is 1. The van der Waals surface area contributed by atoms with E-state index < -0.39 is 11.9 Å². The Hall–Kier alpha value is -3.42. The highest BCUT2D eigenvalue weighted by atomic mass is 16.5. The zero-order chi connectivity index (χ0) is 21.1. The summed E-state index contributed by atoms with van der Waals surface area (Å²) in [5, 5.41) is 3.84. The topological polar surface area (TPSA) is 107 Å². The van der Waals surface area contributed by atoms with Crippen molar-refractivity contribution in [1.29, 1.82) is 0 Å². The standard InChI is InChI=1S/C21H23N3O5/c1-11(2)28-20(25)17-13(4)18(22-14(17)5)21(26)27-10-16-23-19(29-24-16)15-8-6-12(3)7-9-15/h6-9,11,22H,10H2,1-5H3. The molecular weight excluding hydrogens is 374 g/mol. The number of aromatic nitrogens is 3. The normalized spacial score (nSPS) is 11.0. The van der Waals surface area contributed by atoms with Crippen LogP contribution in [-0.2, 0) is 16.1 Å². The molecule has 0 bridgehead atoms. The van der Waals surface area contributed by atoms with Gasteiger partial charge in [-0.3, -0.25) is 0 Å². The van der Waals surface area contributed by atoms with Crippen LogP contribution in [0.25, 0.3) is 11.5 Å². The van der Waals surface area contributed by atoms with Crippen LogP contribution in [0.5, 0.6) is 0 Å². The molecule has 0 radical (unpaired) electrons. The van der Waals surface area contributed by atoms with Crippen molar-refractivity contribution in [2.24, 2.45) is 0 Å². The number of hydrogen-bond donors (Lipinski definition) is 1. The van der Waals surface area contributed by atoms with Crippen LogP contribution >= 0.6 is 0 Å². The maximum atomic E-state index is 12.5. The number of hydrogen-bond acceptors (Lipinski definition) is 7. The number of nitrogens with zero attached hydrogens (tertiary/aromatic N) is 2. The summed E-state index contributed by atoms with van der Waals surface area (Å²) in [5.41, 5.74) is 3.46. The Morgan fingerprint density at radius 3 is 2.45 bits per heavy atom. The highest BCUT2D eigenvalue weighted by Gasteiger charge is 2.24. The van der Waals surface area contributed by atoms with Gasteiger partial charge in [-0.1, -0.05) is 22.9 Å². The number of carbonyl (C=O) groups excluding carboxylic acids is 2. The van der Waals surface area contributed by atoms with Gasteiger partial charge in [-0.2, -0.15) is 4.98 Å². The predicted octanol–water partition coefficient (Wildman–Crippen LogP) is 3.91. The molecule has 2 heterocycles. The monoisotopic (exact) mass is 397 g/mol. The molecule has 0 saturated heterocycles. The van der Waals surface area contributed by atoms with Gasteiger partial charge in [0.1, 0.15) is 5.69 Å². The Labute approximate surface area is 168 Å². The summed E-state index contributed by atoms with van der Waals surface area (Å²) >= 11 is 0. The van der Waals surface area contributed by atoms with Crippen LogP contribution in [0.3, 0.4) is 0 Å². The minimum Gasteiger partial charge on any atom is -0.459 e. The van der Waals surface area contributed by atoms with Crippen LogP contribution < -0.4 is 0 Å². The van der Waals surface area contributed by atoms with Gasteiger partial charge in [-0.25, -0.2) is 9.59 Å². The highest BCUT2D eigenvalue weighted by Crippen LogP contribution is 2.21. The van der Waals surface area contributed by atoms with E-state index in [-0.39, 0.29) is 24.2 Å². The van der Waals surface area contributed by atoms with Crippen molar-refractivity contribution in [2.45, 2.75) is 47.3 Å². The van der Waals surface area contributed by atoms with Crippen molar-refractivity contribution in [2.75, 3.05) is 0 Å². The number of ether oxygens (including phenoxy) is 2. The Bertz CT molecular complexity index is 1030. The zero-order valence-electron chi connectivity index (χ0n) is 17.0. The summed E-state index contributed by atoms with van der Waals surface area (Å²) in [5.74, 6) is -0.502. The minimum absolute atomic E-state index is 0.155. The molecule has 0 unspecified atom stereocenters. The maximum Gasteiger partial charge on any atom is 0.355 e. The van der Waals surface area contributed by atoms with E-state index in [2.05, 4.69) is 15.1 Å². The number of benzene rings is 1. The van der Waals surface area contributed by atoms with Gasteiger partial charge in [0, 0.05) is 11.3 Å². The van der Waals surface area contributed by atoms with E-state index in [4.69, 9.17) is 14.0 Å². The molecule has 0 aliphatic rings. The number of rotatable bonds is 6. The third-order valence-electron chi connectivity index (χ3n) is 4.29. The highest BCUT2D eigenvalue weighted by molar-refractivity contribution is 5.98. The van der Waals surface area contributed by atoms with E-state index in [0.29, 0.717) is 22.7 Å². The number of aryl methyl sites for hydroxylation is 2. The molecule has 8 heteroatoms. The average molecular weight is 397 g/mol. The average Bonchev–Trinajstić information content (AvgIpc) is 3.24. The molecule has 0 amide bonds. The van der Waals surface area contributed by atoms with Crippen molar-refractivity contribution in [3.63, 3.8) is 0 Å². The molecule has 0 aliphatic heterocycles. The SMILES string of the molecule is Cc1ccc(-c2nc(COC(=O)c3[nH]c(C)c(C(=O)OC(C)C)c3C)no2)cc1. The molecular formula is C21H23N3O5. The van der Waals surface area contributed by atoms with Gasteiger partial charge in [-0.05, 0) is 52.3 Å². The van der Waals surface area contributed by atoms with Crippen molar-refractivity contribution in [3.05, 3.63) is 58.2 Å². The number of nitrogens with one attached hydrogen (secondary N) is 1. The first-order chi connectivity index (χ1) is 13.8. The molecule has 0 saturated carbocycles. The lowest BCUT2D eigenvalue weighted by Gasteiger charge is -2.08. The first-order valence-electron chi connectivity index (χ1n) is 9.23. The van der Waals surface area contributed by atoms with Crippen LogP contribution in [0, 0.1) is 20.8 Å². The Morgan fingerprint density at radius 2 is 1.79 bits per heavy atom. The first-order valence-corrected chi connectivity index (χ1v) is 9.23. The van der Waals surface area contributed by atoms with Crippen LogP contribution in [0.4, 0.5) is 0 Å². The second-order valence-corrected chi connectivity index (χ2v) is 7.04. The molecule has 0 fully saturated rings. The van der Waals surface area contributed by atoms with E-state index in [0.717, 1.165) is 11.1 Å². The predicted molar refractivity (Wildman–Crippen MR) is 104 cm³/mol. The fourth-order valence-corrected chi connectivity index (χ4v) is 2.86. The summed E-state index contributed by atoms with van der Waals surface area (Å²) in [6.45, 7) is 8.73. The summed E-state index contributed by atoms with van der Waals surface area (Å²) < 4.78 is 15.7. The van der Waals surface area contributed by atoms with E-state index >= 15 is 0 Å². The number of carbonyl (C=O) groups is 2. The molecule has 0 spiro atoms. The van der Waals surface area contributed by atoms with E-state index in [1.165, 1.54) is 0 Å². The van der Waals surface area contributed by atoms with E-state index in [9.17, 15) is 9.59 Å². The van der Waals surface area contributed by atoms with Gasteiger partial charge in [-0.15, -0.1) is 0 Å². The lowest BCUT2D eigenvalue weighted by atomic mass is 10.1. The molecule has 0 atom stereocenters. The summed E-state index contributed by atoms with van der Waals surface area (Å²) in [4.78, 5) is 31.9. The molecule has 1 aromatic carbocycles. The van der Waals surface area contributed by atoms with Crippen LogP contribution in [-0.4, -0.2) is 33.2 Å². The second-order valence-electron chi connectivity index (χ2n) is 7.04. The molecule has 1 N–H and O–H groups in total. The Balaban J connectivity index is 1.69. The summed E-state index contributed by atoms with van der Waals surface area (Å²) in [7, 11) is 0. The Kier molecular flexibility index (Phi) is 5.81. The third-order valence-corrected chi connectivity index (χ3v) is 4.29. The summed E-state index contributed by atoms with van der Waals surface area (Å²) in [6.07, 6.45) is -0.257.